The van der Waals surface area contributed by atoms with Crippen molar-refractivity contribution in [2.75, 3.05) is 0 Å². The summed E-state index contributed by atoms with van der Waals surface area (Å²) in [5, 5.41) is 0. The third-order valence-electron chi connectivity index (χ3n) is 2.22. The van der Waals surface area contributed by atoms with Crippen LogP contribution in [0.1, 0.15) is 10.4 Å². The van der Waals surface area contributed by atoms with Crippen molar-refractivity contribution in [3.05, 3.63) is 58.3 Å². The number of H-pyrrole nitrogens is 1. The first-order valence-corrected chi connectivity index (χ1v) is 4.64. The van der Waals surface area contributed by atoms with E-state index in [9.17, 15) is 14.0 Å². The van der Waals surface area contributed by atoms with Crippen LogP contribution in [0.5, 0.6) is 0 Å². The second-order valence-electron chi connectivity index (χ2n) is 3.30. The molecule has 0 bridgehead atoms. The Morgan fingerprint density at radius 1 is 1.19 bits per heavy atom. The van der Waals surface area contributed by atoms with Gasteiger partial charge < -0.3 is 4.98 Å². The maximum absolute atomic E-state index is 13.0. The number of hydrogen-bond acceptors (Lipinski definition) is 2. The molecule has 0 atom stereocenters. The maximum Gasteiger partial charge on any atom is 0.258 e. The van der Waals surface area contributed by atoms with Crippen LogP contribution >= 0.6 is 0 Å². The first kappa shape index (κ1) is 10.3. The van der Waals surface area contributed by atoms with Gasteiger partial charge in [-0.2, -0.15) is 0 Å². The number of hydrogen-bond donors (Lipinski definition) is 1. The molecule has 0 aliphatic heterocycles. The van der Waals surface area contributed by atoms with E-state index in [0.29, 0.717) is 17.4 Å². The number of aromatic nitrogens is 1. The Morgan fingerprint density at radius 3 is 2.69 bits per heavy atom. The quantitative estimate of drug-likeness (QED) is 0.782. The Kier molecular flexibility index (Phi) is 2.64. The highest BCUT2D eigenvalue weighted by atomic mass is 19.1. The van der Waals surface area contributed by atoms with Crippen molar-refractivity contribution >= 4 is 6.29 Å². The summed E-state index contributed by atoms with van der Waals surface area (Å²) in [6.45, 7) is 0. The van der Waals surface area contributed by atoms with Crippen molar-refractivity contribution in [1.82, 2.24) is 4.98 Å². The van der Waals surface area contributed by atoms with Gasteiger partial charge in [-0.3, -0.25) is 9.59 Å². The standard InChI is InChI=1S/C12H8FNO2/c13-11-3-1-2-8(5-11)9-4-10(7-15)12(16)14-6-9/h1-7H,(H,14,16). The van der Waals surface area contributed by atoms with Crippen LogP contribution in [-0.4, -0.2) is 11.3 Å². The third kappa shape index (κ3) is 1.91. The Morgan fingerprint density at radius 2 is 2.00 bits per heavy atom. The van der Waals surface area contributed by atoms with Crippen LogP contribution in [0.15, 0.2) is 41.3 Å². The number of carbonyl (C=O) groups is 1. The number of benzene rings is 1. The molecule has 1 N–H and O–H groups in total. The molecule has 1 heterocycles. The van der Waals surface area contributed by atoms with Crippen LogP contribution < -0.4 is 5.56 Å². The highest BCUT2D eigenvalue weighted by Gasteiger charge is 2.03. The van der Waals surface area contributed by atoms with Gasteiger partial charge in [-0.25, -0.2) is 4.39 Å². The molecule has 16 heavy (non-hydrogen) atoms. The summed E-state index contributed by atoms with van der Waals surface area (Å²) in [5.41, 5.74) is 0.789. The SMILES string of the molecule is O=Cc1cc(-c2cccc(F)c2)c[nH]c1=O. The minimum absolute atomic E-state index is 0.0294. The van der Waals surface area contributed by atoms with E-state index >= 15 is 0 Å². The monoisotopic (exact) mass is 217 g/mol. The number of carbonyl (C=O) groups excluding carboxylic acids is 1. The van der Waals surface area contributed by atoms with E-state index in [-0.39, 0.29) is 11.4 Å². The highest BCUT2D eigenvalue weighted by Crippen LogP contribution is 2.18. The minimum Gasteiger partial charge on any atom is -0.328 e. The molecular formula is C12H8FNO2. The maximum atomic E-state index is 13.0. The average molecular weight is 217 g/mol. The zero-order valence-corrected chi connectivity index (χ0v) is 8.24. The second kappa shape index (κ2) is 4.10. The van der Waals surface area contributed by atoms with Crippen molar-refractivity contribution in [3.63, 3.8) is 0 Å². The lowest BCUT2D eigenvalue weighted by Crippen LogP contribution is -2.10. The number of halogens is 1. The van der Waals surface area contributed by atoms with Gasteiger partial charge in [0.25, 0.3) is 5.56 Å². The van der Waals surface area contributed by atoms with E-state index in [1.54, 1.807) is 12.1 Å². The summed E-state index contributed by atoms with van der Waals surface area (Å²) in [7, 11) is 0. The third-order valence-corrected chi connectivity index (χ3v) is 2.22. The van der Waals surface area contributed by atoms with E-state index in [0.717, 1.165) is 0 Å². The minimum atomic E-state index is -0.449. The number of aromatic amines is 1. The summed E-state index contributed by atoms with van der Waals surface area (Å²) in [4.78, 5) is 24.2. The van der Waals surface area contributed by atoms with E-state index in [1.165, 1.54) is 24.4 Å². The van der Waals surface area contributed by atoms with Gasteiger partial charge in [-0.15, -0.1) is 0 Å². The van der Waals surface area contributed by atoms with Gasteiger partial charge in [-0.1, -0.05) is 12.1 Å². The summed E-state index contributed by atoms with van der Waals surface area (Å²) >= 11 is 0. The fourth-order valence-electron chi connectivity index (χ4n) is 1.42. The zero-order valence-electron chi connectivity index (χ0n) is 8.24. The summed E-state index contributed by atoms with van der Waals surface area (Å²) < 4.78 is 13.0. The average Bonchev–Trinajstić information content (AvgIpc) is 2.29. The molecule has 1 aromatic heterocycles. The molecule has 80 valence electrons. The summed E-state index contributed by atoms with van der Waals surface area (Å²) in [6, 6.07) is 7.36. The van der Waals surface area contributed by atoms with Gasteiger partial charge in [0.15, 0.2) is 6.29 Å². The molecule has 0 saturated heterocycles. The topological polar surface area (TPSA) is 49.9 Å². The van der Waals surface area contributed by atoms with Crippen LogP contribution in [0, 0.1) is 5.82 Å². The van der Waals surface area contributed by atoms with E-state index in [1.807, 2.05) is 0 Å². The molecular weight excluding hydrogens is 209 g/mol. The summed E-state index contributed by atoms with van der Waals surface area (Å²) in [5.74, 6) is -0.364. The molecule has 2 aromatic rings. The van der Waals surface area contributed by atoms with Gasteiger partial charge >= 0.3 is 0 Å². The van der Waals surface area contributed by atoms with E-state index in [2.05, 4.69) is 4.98 Å². The van der Waals surface area contributed by atoms with Crippen LogP contribution in [0.3, 0.4) is 0 Å². The Balaban J connectivity index is 2.57. The fourth-order valence-corrected chi connectivity index (χ4v) is 1.42. The lowest BCUT2D eigenvalue weighted by atomic mass is 10.1. The Hall–Kier alpha value is -2.23. The van der Waals surface area contributed by atoms with Crippen LogP contribution in [-0.2, 0) is 0 Å². The first-order chi connectivity index (χ1) is 7.70. The Labute approximate surface area is 90.6 Å². The summed E-state index contributed by atoms with van der Waals surface area (Å²) in [6.07, 6.45) is 1.92. The van der Waals surface area contributed by atoms with Crippen molar-refractivity contribution in [2.24, 2.45) is 0 Å². The van der Waals surface area contributed by atoms with Gasteiger partial charge in [0.1, 0.15) is 5.82 Å². The molecule has 0 saturated carbocycles. The number of nitrogens with one attached hydrogen (secondary N) is 1. The molecule has 0 aliphatic rings. The molecule has 0 fully saturated rings. The van der Waals surface area contributed by atoms with Crippen LogP contribution in [0.25, 0.3) is 11.1 Å². The molecule has 0 spiro atoms. The number of pyridine rings is 1. The zero-order chi connectivity index (χ0) is 11.5. The second-order valence-corrected chi connectivity index (χ2v) is 3.30. The van der Waals surface area contributed by atoms with Crippen LogP contribution in [0.4, 0.5) is 4.39 Å². The number of rotatable bonds is 2. The van der Waals surface area contributed by atoms with Gasteiger partial charge in [0, 0.05) is 6.20 Å². The van der Waals surface area contributed by atoms with Crippen LogP contribution in [0.2, 0.25) is 0 Å². The molecule has 2 rings (SSSR count). The molecule has 4 heteroatoms. The van der Waals surface area contributed by atoms with Gasteiger partial charge in [0.2, 0.25) is 0 Å². The van der Waals surface area contributed by atoms with Crippen molar-refractivity contribution in [2.45, 2.75) is 0 Å². The first-order valence-electron chi connectivity index (χ1n) is 4.64. The van der Waals surface area contributed by atoms with E-state index < -0.39 is 5.56 Å². The number of aldehydes is 1. The Bertz CT molecular complexity index is 590. The van der Waals surface area contributed by atoms with Gasteiger partial charge in [-0.05, 0) is 29.3 Å². The largest absolute Gasteiger partial charge is 0.328 e. The normalized spacial score (nSPS) is 10.1. The van der Waals surface area contributed by atoms with E-state index in [4.69, 9.17) is 0 Å². The fraction of sp³-hybridized carbons (Fsp3) is 0. The van der Waals surface area contributed by atoms with Crippen molar-refractivity contribution < 1.29 is 9.18 Å². The molecule has 0 radical (unpaired) electrons. The lowest BCUT2D eigenvalue weighted by molar-refractivity contribution is 0.112. The molecule has 1 aromatic carbocycles. The molecule has 0 amide bonds. The molecule has 3 nitrogen and oxygen atoms in total. The predicted molar refractivity (Wildman–Crippen MR) is 57.8 cm³/mol. The molecule has 0 unspecified atom stereocenters. The molecule has 0 aliphatic carbocycles. The lowest BCUT2D eigenvalue weighted by Gasteiger charge is -2.01. The van der Waals surface area contributed by atoms with Gasteiger partial charge in [0.05, 0.1) is 5.56 Å². The highest BCUT2D eigenvalue weighted by molar-refractivity contribution is 5.77. The predicted octanol–water partition coefficient (Wildman–Crippen LogP) is 1.99. The van der Waals surface area contributed by atoms with Crippen molar-refractivity contribution in [1.29, 1.82) is 0 Å². The smallest absolute Gasteiger partial charge is 0.258 e. The van der Waals surface area contributed by atoms with Crippen molar-refractivity contribution in [3.8, 4) is 11.1 Å².